The van der Waals surface area contributed by atoms with E-state index in [-0.39, 0.29) is 17.9 Å². The zero-order chi connectivity index (χ0) is 15.6. The Balaban J connectivity index is 2.31. The van der Waals surface area contributed by atoms with E-state index in [0.29, 0.717) is 17.9 Å². The molecule has 1 unspecified atom stereocenters. The van der Waals surface area contributed by atoms with E-state index in [1.54, 1.807) is 37.1 Å². The number of benzene rings is 1. The molecule has 1 saturated heterocycles. The Bertz CT molecular complexity index is 554. The molecule has 5 nitrogen and oxygen atoms in total. The second-order valence-corrected chi connectivity index (χ2v) is 5.59. The SMILES string of the molecule is COc1ccc(C)cc1C(=O)N1CCCC1C(=O)N(C)C. The lowest BCUT2D eigenvalue weighted by atomic mass is 10.1. The van der Waals surface area contributed by atoms with Crippen molar-refractivity contribution in [1.82, 2.24) is 9.80 Å². The van der Waals surface area contributed by atoms with Crippen LogP contribution in [0, 0.1) is 6.92 Å². The first-order chi connectivity index (χ1) is 9.95. The number of likely N-dealkylation sites (tertiary alicyclic amines) is 1. The van der Waals surface area contributed by atoms with Gasteiger partial charge in [-0.2, -0.15) is 0 Å². The molecule has 1 aromatic rings. The van der Waals surface area contributed by atoms with E-state index in [1.807, 2.05) is 19.1 Å². The van der Waals surface area contributed by atoms with Crippen molar-refractivity contribution in [3.63, 3.8) is 0 Å². The molecule has 21 heavy (non-hydrogen) atoms. The van der Waals surface area contributed by atoms with Gasteiger partial charge in [-0.15, -0.1) is 0 Å². The van der Waals surface area contributed by atoms with Crippen molar-refractivity contribution >= 4 is 11.8 Å². The van der Waals surface area contributed by atoms with Gasteiger partial charge in [-0.3, -0.25) is 9.59 Å². The van der Waals surface area contributed by atoms with E-state index >= 15 is 0 Å². The lowest BCUT2D eigenvalue weighted by Crippen LogP contribution is -2.45. The van der Waals surface area contributed by atoms with E-state index in [1.165, 1.54) is 0 Å². The molecule has 0 aliphatic carbocycles. The minimum absolute atomic E-state index is 0.0209. The molecule has 1 aromatic carbocycles. The van der Waals surface area contributed by atoms with Gasteiger partial charge in [0.15, 0.2) is 0 Å². The summed E-state index contributed by atoms with van der Waals surface area (Å²) in [5.41, 5.74) is 1.52. The third-order valence-corrected chi connectivity index (χ3v) is 3.82. The van der Waals surface area contributed by atoms with Gasteiger partial charge in [0.25, 0.3) is 5.91 Å². The van der Waals surface area contributed by atoms with Crippen LogP contribution >= 0.6 is 0 Å². The van der Waals surface area contributed by atoms with Crippen molar-refractivity contribution < 1.29 is 14.3 Å². The van der Waals surface area contributed by atoms with Crippen LogP contribution in [0.4, 0.5) is 0 Å². The lowest BCUT2D eigenvalue weighted by molar-refractivity contribution is -0.132. The average molecular weight is 290 g/mol. The molecule has 0 N–H and O–H groups in total. The maximum Gasteiger partial charge on any atom is 0.258 e. The minimum Gasteiger partial charge on any atom is -0.496 e. The lowest BCUT2D eigenvalue weighted by Gasteiger charge is -2.26. The highest BCUT2D eigenvalue weighted by atomic mass is 16.5. The molecule has 114 valence electrons. The fourth-order valence-corrected chi connectivity index (χ4v) is 2.71. The van der Waals surface area contributed by atoms with Crippen LogP contribution in [-0.4, -0.2) is 55.4 Å². The Morgan fingerprint density at radius 2 is 2.05 bits per heavy atom. The van der Waals surface area contributed by atoms with Gasteiger partial charge in [0.05, 0.1) is 12.7 Å². The molecule has 1 aliphatic heterocycles. The first kappa shape index (κ1) is 15.4. The number of ether oxygens (including phenoxy) is 1. The van der Waals surface area contributed by atoms with E-state index in [9.17, 15) is 9.59 Å². The number of aryl methyl sites for hydroxylation is 1. The van der Waals surface area contributed by atoms with E-state index < -0.39 is 0 Å². The fourth-order valence-electron chi connectivity index (χ4n) is 2.71. The van der Waals surface area contributed by atoms with Crippen molar-refractivity contribution in [3.8, 4) is 5.75 Å². The summed E-state index contributed by atoms with van der Waals surface area (Å²) < 4.78 is 5.28. The van der Waals surface area contributed by atoms with Crippen molar-refractivity contribution in [3.05, 3.63) is 29.3 Å². The highest BCUT2D eigenvalue weighted by Gasteiger charge is 2.36. The van der Waals surface area contributed by atoms with Gasteiger partial charge < -0.3 is 14.5 Å². The Labute approximate surface area is 125 Å². The Morgan fingerprint density at radius 3 is 2.67 bits per heavy atom. The predicted octanol–water partition coefficient (Wildman–Crippen LogP) is 1.70. The highest BCUT2D eigenvalue weighted by molar-refractivity contribution is 6.00. The van der Waals surface area contributed by atoms with Crippen LogP contribution in [-0.2, 0) is 4.79 Å². The van der Waals surface area contributed by atoms with Crippen LogP contribution in [0.1, 0.15) is 28.8 Å². The van der Waals surface area contributed by atoms with E-state index in [2.05, 4.69) is 0 Å². The van der Waals surface area contributed by atoms with Crippen LogP contribution in [0.15, 0.2) is 18.2 Å². The number of rotatable bonds is 3. The molecule has 1 heterocycles. The van der Waals surface area contributed by atoms with E-state index in [0.717, 1.165) is 18.4 Å². The van der Waals surface area contributed by atoms with Gasteiger partial charge in [0, 0.05) is 20.6 Å². The van der Waals surface area contributed by atoms with Crippen LogP contribution in [0.3, 0.4) is 0 Å². The van der Waals surface area contributed by atoms with Crippen LogP contribution < -0.4 is 4.74 Å². The monoisotopic (exact) mass is 290 g/mol. The van der Waals surface area contributed by atoms with Crippen molar-refractivity contribution in [2.24, 2.45) is 0 Å². The molecule has 0 bridgehead atoms. The van der Waals surface area contributed by atoms with Gasteiger partial charge in [-0.1, -0.05) is 11.6 Å². The summed E-state index contributed by atoms with van der Waals surface area (Å²) in [6.07, 6.45) is 1.57. The van der Waals surface area contributed by atoms with Crippen LogP contribution in [0.25, 0.3) is 0 Å². The van der Waals surface area contributed by atoms with Crippen molar-refractivity contribution in [1.29, 1.82) is 0 Å². The molecule has 1 fully saturated rings. The van der Waals surface area contributed by atoms with Gasteiger partial charge in [0.2, 0.25) is 5.91 Å². The molecule has 2 rings (SSSR count). The molecule has 1 aliphatic rings. The number of nitrogens with zero attached hydrogens (tertiary/aromatic N) is 2. The van der Waals surface area contributed by atoms with Crippen LogP contribution in [0.5, 0.6) is 5.75 Å². The number of methoxy groups -OCH3 is 1. The number of hydrogen-bond acceptors (Lipinski definition) is 3. The van der Waals surface area contributed by atoms with Gasteiger partial charge in [0.1, 0.15) is 11.8 Å². The number of carbonyl (C=O) groups excluding carboxylic acids is 2. The minimum atomic E-state index is -0.363. The predicted molar refractivity (Wildman–Crippen MR) is 80.5 cm³/mol. The van der Waals surface area contributed by atoms with Gasteiger partial charge in [-0.05, 0) is 31.9 Å². The Morgan fingerprint density at radius 1 is 1.33 bits per heavy atom. The quantitative estimate of drug-likeness (QED) is 0.851. The largest absolute Gasteiger partial charge is 0.496 e. The molecule has 5 heteroatoms. The molecular weight excluding hydrogens is 268 g/mol. The topological polar surface area (TPSA) is 49.9 Å². The fraction of sp³-hybridized carbons (Fsp3) is 0.500. The zero-order valence-corrected chi connectivity index (χ0v) is 13.0. The summed E-state index contributed by atoms with van der Waals surface area (Å²) >= 11 is 0. The second-order valence-electron chi connectivity index (χ2n) is 5.59. The Kier molecular flexibility index (Phi) is 4.50. The molecule has 0 saturated carbocycles. The maximum atomic E-state index is 12.8. The number of amides is 2. The zero-order valence-electron chi connectivity index (χ0n) is 13.0. The molecule has 0 spiro atoms. The molecule has 2 amide bonds. The standard InChI is InChI=1S/C16H22N2O3/c1-11-7-8-14(21-4)12(10-11)15(19)18-9-5-6-13(18)16(20)17(2)3/h7-8,10,13H,5-6,9H2,1-4H3. The summed E-state index contributed by atoms with van der Waals surface area (Å²) in [6, 6.07) is 5.15. The maximum absolute atomic E-state index is 12.8. The summed E-state index contributed by atoms with van der Waals surface area (Å²) in [7, 11) is 4.99. The van der Waals surface area contributed by atoms with E-state index in [4.69, 9.17) is 4.74 Å². The second kappa shape index (κ2) is 6.16. The summed E-state index contributed by atoms with van der Waals surface area (Å²) in [5.74, 6) is 0.397. The number of carbonyl (C=O) groups is 2. The third-order valence-electron chi connectivity index (χ3n) is 3.82. The van der Waals surface area contributed by atoms with Gasteiger partial charge in [-0.25, -0.2) is 0 Å². The van der Waals surface area contributed by atoms with Crippen LogP contribution in [0.2, 0.25) is 0 Å². The van der Waals surface area contributed by atoms with Crippen molar-refractivity contribution in [2.45, 2.75) is 25.8 Å². The number of likely N-dealkylation sites (N-methyl/N-ethyl adjacent to an activating group) is 1. The first-order valence-corrected chi connectivity index (χ1v) is 7.12. The summed E-state index contributed by atoms with van der Waals surface area (Å²) in [6.45, 7) is 2.54. The third kappa shape index (κ3) is 3.01. The smallest absolute Gasteiger partial charge is 0.258 e. The first-order valence-electron chi connectivity index (χ1n) is 7.12. The number of hydrogen-bond donors (Lipinski definition) is 0. The van der Waals surface area contributed by atoms with Gasteiger partial charge >= 0.3 is 0 Å². The van der Waals surface area contributed by atoms with Crippen molar-refractivity contribution in [2.75, 3.05) is 27.7 Å². The molecule has 0 radical (unpaired) electrons. The molecule has 0 aromatic heterocycles. The molecular formula is C16H22N2O3. The average Bonchev–Trinajstić information content (AvgIpc) is 2.94. The molecule has 1 atom stereocenters. The normalized spacial score (nSPS) is 17.7. The summed E-state index contributed by atoms with van der Waals surface area (Å²) in [4.78, 5) is 28.2. The Hall–Kier alpha value is -2.04. The summed E-state index contributed by atoms with van der Waals surface area (Å²) in [5, 5.41) is 0. The highest BCUT2D eigenvalue weighted by Crippen LogP contribution is 2.26.